The molecule has 4 amide bonds. The summed E-state index contributed by atoms with van der Waals surface area (Å²) in [5, 5.41) is 5.80. The maximum Gasteiger partial charge on any atom is 0.325 e. The SMILES string of the molecule is COc1ccc(CN2C(=O)N[C@@H](CCC(=O)NC[C@@H]3CCCN4CCCC[C@H]34)C2=O)cc1. The lowest BCUT2D eigenvalue weighted by atomic mass is 9.83. The highest BCUT2D eigenvalue weighted by Gasteiger charge is 2.38. The van der Waals surface area contributed by atoms with E-state index in [1.54, 1.807) is 19.2 Å². The molecule has 0 radical (unpaired) electrons. The van der Waals surface area contributed by atoms with Gasteiger partial charge in [0.2, 0.25) is 5.91 Å². The molecule has 2 N–H and O–H groups in total. The predicted octanol–water partition coefficient (Wildman–Crippen LogP) is 2.28. The fourth-order valence-electron chi connectivity index (χ4n) is 5.26. The lowest BCUT2D eigenvalue weighted by molar-refractivity contribution is -0.128. The molecule has 32 heavy (non-hydrogen) atoms. The van der Waals surface area contributed by atoms with Gasteiger partial charge in [0.15, 0.2) is 0 Å². The zero-order valence-corrected chi connectivity index (χ0v) is 18.8. The lowest BCUT2D eigenvalue weighted by Crippen LogP contribution is -2.51. The highest BCUT2D eigenvalue weighted by Crippen LogP contribution is 2.30. The highest BCUT2D eigenvalue weighted by molar-refractivity contribution is 6.04. The van der Waals surface area contributed by atoms with Gasteiger partial charge in [-0.25, -0.2) is 4.79 Å². The minimum Gasteiger partial charge on any atom is -0.497 e. The number of hydrogen-bond donors (Lipinski definition) is 2. The topological polar surface area (TPSA) is 91.0 Å². The molecule has 3 fully saturated rings. The van der Waals surface area contributed by atoms with Crippen LogP contribution in [0.25, 0.3) is 0 Å². The Morgan fingerprint density at radius 3 is 2.69 bits per heavy atom. The number of urea groups is 1. The second-order valence-corrected chi connectivity index (χ2v) is 9.12. The van der Waals surface area contributed by atoms with Crippen molar-refractivity contribution in [3.8, 4) is 5.75 Å². The number of fused-ring (bicyclic) bond motifs is 1. The summed E-state index contributed by atoms with van der Waals surface area (Å²) in [4.78, 5) is 41.2. The number of amides is 4. The average molecular weight is 443 g/mol. The Bertz CT molecular complexity index is 826. The maximum atomic E-state index is 12.7. The van der Waals surface area contributed by atoms with Crippen LogP contribution in [0.2, 0.25) is 0 Å². The number of benzene rings is 1. The van der Waals surface area contributed by atoms with Crippen molar-refractivity contribution in [2.75, 3.05) is 26.7 Å². The minimum atomic E-state index is -0.644. The molecule has 0 unspecified atom stereocenters. The Morgan fingerprint density at radius 1 is 1.12 bits per heavy atom. The van der Waals surface area contributed by atoms with Crippen LogP contribution in [-0.2, 0) is 16.1 Å². The largest absolute Gasteiger partial charge is 0.497 e. The predicted molar refractivity (Wildman–Crippen MR) is 120 cm³/mol. The maximum absolute atomic E-state index is 12.7. The number of piperidine rings is 2. The number of rotatable bonds is 8. The number of ether oxygens (including phenoxy) is 1. The molecule has 174 valence electrons. The van der Waals surface area contributed by atoms with E-state index in [2.05, 4.69) is 15.5 Å². The number of carbonyl (C=O) groups excluding carboxylic acids is 3. The number of imide groups is 1. The quantitative estimate of drug-likeness (QED) is 0.603. The van der Waals surface area contributed by atoms with Crippen molar-refractivity contribution < 1.29 is 19.1 Å². The first-order chi connectivity index (χ1) is 15.5. The summed E-state index contributed by atoms with van der Waals surface area (Å²) in [6, 6.07) is 6.81. The Labute approximate surface area is 189 Å². The van der Waals surface area contributed by atoms with Crippen molar-refractivity contribution in [3.63, 3.8) is 0 Å². The molecule has 8 heteroatoms. The van der Waals surface area contributed by atoms with Crippen LogP contribution in [0.3, 0.4) is 0 Å². The number of carbonyl (C=O) groups is 3. The third-order valence-corrected chi connectivity index (χ3v) is 7.06. The van der Waals surface area contributed by atoms with Gasteiger partial charge in [-0.05, 0) is 68.8 Å². The Kier molecular flexibility index (Phi) is 7.29. The first-order valence-corrected chi connectivity index (χ1v) is 11.8. The normalized spacial score (nSPS) is 25.9. The molecule has 8 nitrogen and oxygen atoms in total. The Balaban J connectivity index is 1.22. The van der Waals surface area contributed by atoms with Gasteiger partial charge in [-0.2, -0.15) is 0 Å². The van der Waals surface area contributed by atoms with Gasteiger partial charge < -0.3 is 20.3 Å². The highest BCUT2D eigenvalue weighted by atomic mass is 16.5. The Morgan fingerprint density at radius 2 is 1.91 bits per heavy atom. The third kappa shape index (κ3) is 5.23. The first-order valence-electron chi connectivity index (χ1n) is 11.8. The van der Waals surface area contributed by atoms with E-state index >= 15 is 0 Å². The van der Waals surface area contributed by atoms with Crippen molar-refractivity contribution in [3.05, 3.63) is 29.8 Å². The van der Waals surface area contributed by atoms with Crippen LogP contribution in [0.15, 0.2) is 24.3 Å². The summed E-state index contributed by atoms with van der Waals surface area (Å²) in [7, 11) is 1.59. The molecule has 1 aromatic carbocycles. The van der Waals surface area contributed by atoms with Crippen LogP contribution in [-0.4, -0.2) is 66.5 Å². The molecule has 1 aromatic rings. The summed E-state index contributed by atoms with van der Waals surface area (Å²) in [5.41, 5.74) is 0.844. The second kappa shape index (κ2) is 10.3. The molecular weight excluding hydrogens is 408 g/mol. The fraction of sp³-hybridized carbons (Fsp3) is 0.625. The van der Waals surface area contributed by atoms with Crippen molar-refractivity contribution in [2.24, 2.45) is 5.92 Å². The van der Waals surface area contributed by atoms with E-state index in [0.717, 1.165) is 11.3 Å². The van der Waals surface area contributed by atoms with E-state index in [0.29, 0.717) is 24.9 Å². The molecule has 0 aromatic heterocycles. The van der Waals surface area contributed by atoms with E-state index in [-0.39, 0.29) is 24.8 Å². The van der Waals surface area contributed by atoms with Crippen LogP contribution < -0.4 is 15.4 Å². The van der Waals surface area contributed by atoms with Crippen molar-refractivity contribution in [2.45, 2.75) is 63.6 Å². The van der Waals surface area contributed by atoms with E-state index in [1.165, 1.54) is 50.1 Å². The standard InChI is InChI=1S/C24H34N4O4/c1-32-19-9-7-17(8-10-19)16-28-23(30)20(26-24(28)31)11-12-22(29)25-15-18-5-4-14-27-13-3-2-6-21(18)27/h7-10,18,20-21H,2-6,11-16H2,1H3,(H,25,29)(H,26,31)/t18-,20-,21+/m0/s1. The summed E-state index contributed by atoms with van der Waals surface area (Å²) < 4.78 is 5.14. The first kappa shape index (κ1) is 22.6. The summed E-state index contributed by atoms with van der Waals surface area (Å²) in [6.07, 6.45) is 6.70. The van der Waals surface area contributed by atoms with Crippen LogP contribution >= 0.6 is 0 Å². The number of methoxy groups -OCH3 is 1. The van der Waals surface area contributed by atoms with E-state index in [9.17, 15) is 14.4 Å². The van der Waals surface area contributed by atoms with Crippen molar-refractivity contribution in [1.29, 1.82) is 0 Å². The summed E-state index contributed by atoms with van der Waals surface area (Å²) in [6.45, 7) is 3.28. The third-order valence-electron chi connectivity index (χ3n) is 7.06. The second-order valence-electron chi connectivity index (χ2n) is 9.12. The van der Waals surface area contributed by atoms with Crippen LogP contribution in [0, 0.1) is 5.92 Å². The zero-order valence-electron chi connectivity index (χ0n) is 18.8. The van der Waals surface area contributed by atoms with Crippen molar-refractivity contribution >= 4 is 17.8 Å². The number of nitrogens with one attached hydrogen (secondary N) is 2. The van der Waals surface area contributed by atoms with Crippen LogP contribution in [0.5, 0.6) is 5.75 Å². The zero-order chi connectivity index (χ0) is 22.5. The van der Waals surface area contributed by atoms with Crippen molar-refractivity contribution in [1.82, 2.24) is 20.4 Å². The molecule has 0 spiro atoms. The molecule has 0 aliphatic carbocycles. The number of hydrogen-bond acceptors (Lipinski definition) is 5. The molecule has 3 aliphatic heterocycles. The monoisotopic (exact) mass is 442 g/mol. The smallest absolute Gasteiger partial charge is 0.325 e. The van der Waals surface area contributed by atoms with Gasteiger partial charge in [-0.15, -0.1) is 0 Å². The molecule has 3 atom stereocenters. The molecular formula is C24H34N4O4. The Hall–Kier alpha value is -2.61. The van der Waals surface area contributed by atoms with Gasteiger partial charge in [-0.3, -0.25) is 14.5 Å². The van der Waals surface area contributed by atoms with Gasteiger partial charge in [-0.1, -0.05) is 18.6 Å². The summed E-state index contributed by atoms with van der Waals surface area (Å²) in [5.74, 6) is 0.914. The van der Waals surface area contributed by atoms with Crippen LogP contribution in [0.1, 0.15) is 50.5 Å². The van der Waals surface area contributed by atoms with Gasteiger partial charge in [0.05, 0.1) is 13.7 Å². The van der Waals surface area contributed by atoms with Gasteiger partial charge in [0.25, 0.3) is 5.91 Å². The number of nitrogens with zero attached hydrogens (tertiary/aromatic N) is 2. The van der Waals surface area contributed by atoms with Crippen LogP contribution in [0.4, 0.5) is 4.79 Å². The van der Waals surface area contributed by atoms with E-state index < -0.39 is 12.1 Å². The average Bonchev–Trinajstić information content (AvgIpc) is 3.09. The molecule has 0 saturated carbocycles. The lowest BCUT2D eigenvalue weighted by Gasteiger charge is -2.44. The molecule has 0 bridgehead atoms. The van der Waals surface area contributed by atoms with Gasteiger partial charge >= 0.3 is 6.03 Å². The molecule has 3 aliphatic rings. The summed E-state index contributed by atoms with van der Waals surface area (Å²) >= 11 is 0. The minimum absolute atomic E-state index is 0.0476. The van der Waals surface area contributed by atoms with E-state index in [1.807, 2.05) is 12.1 Å². The van der Waals surface area contributed by atoms with Gasteiger partial charge in [0, 0.05) is 19.0 Å². The van der Waals surface area contributed by atoms with E-state index in [4.69, 9.17) is 4.74 Å². The van der Waals surface area contributed by atoms with Gasteiger partial charge in [0.1, 0.15) is 11.8 Å². The molecule has 4 rings (SSSR count). The molecule has 3 saturated heterocycles. The fourth-order valence-corrected chi connectivity index (χ4v) is 5.26. The molecule has 3 heterocycles.